The van der Waals surface area contributed by atoms with Crippen LogP contribution in [0.3, 0.4) is 0 Å². The number of rotatable bonds is 4. The number of hydrogen-bond donors (Lipinski definition) is 1. The molecule has 0 amide bonds. The Bertz CT molecular complexity index is 566. The van der Waals surface area contributed by atoms with Crippen LogP contribution in [0.2, 0.25) is 0 Å². The third-order valence-electron chi connectivity index (χ3n) is 2.46. The Balaban J connectivity index is 2.23. The van der Waals surface area contributed by atoms with Crippen molar-refractivity contribution in [2.24, 2.45) is 7.05 Å². The molecule has 0 aliphatic heterocycles. The molecule has 0 saturated heterocycles. The first-order valence-electron chi connectivity index (χ1n) is 5.30. The molecule has 0 aliphatic carbocycles. The van der Waals surface area contributed by atoms with Crippen molar-refractivity contribution in [3.05, 3.63) is 36.0 Å². The lowest BCUT2D eigenvalue weighted by Gasteiger charge is -2.18. The summed E-state index contributed by atoms with van der Waals surface area (Å²) in [6.45, 7) is 0.533. The normalized spacial score (nSPS) is 10.3. The molecule has 18 heavy (non-hydrogen) atoms. The standard InChI is InChI=1S/C11H13N5O2/c1-15(5-8-3-14-16(2)6-8)10-9(11(17)18)4-12-7-13-10/h3-4,6-7H,5H2,1-2H3,(H,17,18). The van der Waals surface area contributed by atoms with E-state index in [9.17, 15) is 4.79 Å². The van der Waals surface area contributed by atoms with Crippen molar-refractivity contribution in [2.45, 2.75) is 6.54 Å². The molecule has 2 heterocycles. The van der Waals surface area contributed by atoms with E-state index in [0.717, 1.165) is 5.56 Å². The monoisotopic (exact) mass is 247 g/mol. The predicted molar refractivity (Wildman–Crippen MR) is 64.3 cm³/mol. The number of hydrogen-bond acceptors (Lipinski definition) is 5. The summed E-state index contributed by atoms with van der Waals surface area (Å²) in [5, 5.41) is 13.1. The van der Waals surface area contributed by atoms with Gasteiger partial charge in [-0.3, -0.25) is 4.68 Å². The second-order valence-electron chi connectivity index (χ2n) is 3.94. The third-order valence-corrected chi connectivity index (χ3v) is 2.46. The smallest absolute Gasteiger partial charge is 0.341 e. The van der Waals surface area contributed by atoms with E-state index in [1.165, 1.54) is 12.5 Å². The molecule has 0 fully saturated rings. The van der Waals surface area contributed by atoms with E-state index in [1.807, 2.05) is 13.2 Å². The van der Waals surface area contributed by atoms with Gasteiger partial charge in [-0.05, 0) is 0 Å². The highest BCUT2D eigenvalue weighted by Crippen LogP contribution is 2.16. The van der Waals surface area contributed by atoms with Gasteiger partial charge in [0.2, 0.25) is 0 Å². The van der Waals surface area contributed by atoms with Crippen LogP contribution in [0.5, 0.6) is 0 Å². The van der Waals surface area contributed by atoms with E-state index in [-0.39, 0.29) is 5.56 Å². The van der Waals surface area contributed by atoms with Gasteiger partial charge in [0.15, 0.2) is 0 Å². The maximum absolute atomic E-state index is 11.1. The van der Waals surface area contributed by atoms with Crippen LogP contribution in [0, 0.1) is 0 Å². The van der Waals surface area contributed by atoms with E-state index in [2.05, 4.69) is 15.1 Å². The minimum atomic E-state index is -1.04. The number of aromatic nitrogens is 4. The van der Waals surface area contributed by atoms with Gasteiger partial charge >= 0.3 is 5.97 Å². The number of carboxylic acid groups (broad SMARTS) is 1. The summed E-state index contributed by atoms with van der Waals surface area (Å²) in [6, 6.07) is 0. The molecule has 2 aromatic rings. The van der Waals surface area contributed by atoms with Gasteiger partial charge < -0.3 is 10.0 Å². The fourth-order valence-corrected chi connectivity index (χ4v) is 1.68. The molecule has 2 aromatic heterocycles. The second kappa shape index (κ2) is 4.82. The van der Waals surface area contributed by atoms with Crippen molar-refractivity contribution in [1.82, 2.24) is 19.7 Å². The van der Waals surface area contributed by atoms with E-state index in [4.69, 9.17) is 5.11 Å². The van der Waals surface area contributed by atoms with Gasteiger partial charge in [0.05, 0.1) is 6.20 Å². The molecule has 0 spiro atoms. The molecule has 0 aromatic carbocycles. The first-order valence-corrected chi connectivity index (χ1v) is 5.30. The molecule has 94 valence electrons. The Labute approximate surface area is 104 Å². The molecule has 0 bridgehead atoms. The van der Waals surface area contributed by atoms with E-state index >= 15 is 0 Å². The Morgan fingerprint density at radius 3 is 2.89 bits per heavy atom. The average Bonchev–Trinajstić information content (AvgIpc) is 2.74. The summed E-state index contributed by atoms with van der Waals surface area (Å²) < 4.78 is 1.70. The molecule has 0 radical (unpaired) electrons. The molecule has 0 unspecified atom stereocenters. The molecule has 0 atom stereocenters. The van der Waals surface area contributed by atoms with Crippen LogP contribution in [0.15, 0.2) is 24.9 Å². The van der Waals surface area contributed by atoms with Crippen molar-refractivity contribution in [3.63, 3.8) is 0 Å². The maximum Gasteiger partial charge on any atom is 0.341 e. The summed E-state index contributed by atoms with van der Waals surface area (Å²) in [5.41, 5.74) is 1.07. The highest BCUT2D eigenvalue weighted by Gasteiger charge is 2.15. The minimum absolute atomic E-state index is 0.0869. The Morgan fingerprint density at radius 2 is 2.28 bits per heavy atom. The lowest BCUT2D eigenvalue weighted by atomic mass is 10.2. The number of aryl methyl sites for hydroxylation is 1. The van der Waals surface area contributed by atoms with Crippen LogP contribution < -0.4 is 4.90 Å². The van der Waals surface area contributed by atoms with Crippen LogP contribution in [-0.2, 0) is 13.6 Å². The molecule has 0 saturated carbocycles. The van der Waals surface area contributed by atoms with Gasteiger partial charge in [-0.25, -0.2) is 14.8 Å². The summed E-state index contributed by atoms with van der Waals surface area (Å²) in [4.78, 5) is 20.5. The van der Waals surface area contributed by atoms with Gasteiger partial charge in [0.25, 0.3) is 0 Å². The first kappa shape index (κ1) is 12.0. The topological polar surface area (TPSA) is 84.1 Å². The zero-order chi connectivity index (χ0) is 13.1. The fourth-order valence-electron chi connectivity index (χ4n) is 1.68. The van der Waals surface area contributed by atoms with Gasteiger partial charge in [0, 0.05) is 38.6 Å². The SMILES string of the molecule is CN(Cc1cnn(C)c1)c1ncncc1C(=O)O. The number of carboxylic acids is 1. The molecule has 7 nitrogen and oxygen atoms in total. The van der Waals surface area contributed by atoms with E-state index in [1.54, 1.807) is 22.8 Å². The molecule has 2 rings (SSSR count). The van der Waals surface area contributed by atoms with Crippen LogP contribution in [0.1, 0.15) is 15.9 Å². The van der Waals surface area contributed by atoms with Crippen LogP contribution in [0.4, 0.5) is 5.82 Å². The highest BCUT2D eigenvalue weighted by molar-refractivity contribution is 5.92. The zero-order valence-electron chi connectivity index (χ0n) is 10.1. The summed E-state index contributed by atoms with van der Waals surface area (Å²) in [7, 11) is 3.61. The van der Waals surface area contributed by atoms with Crippen molar-refractivity contribution in [3.8, 4) is 0 Å². The fraction of sp³-hybridized carbons (Fsp3) is 0.273. The lowest BCUT2D eigenvalue weighted by molar-refractivity contribution is 0.0696. The molecule has 0 aliphatic rings. The van der Waals surface area contributed by atoms with E-state index in [0.29, 0.717) is 12.4 Å². The number of nitrogens with zero attached hydrogens (tertiary/aromatic N) is 5. The molecule has 7 heteroatoms. The van der Waals surface area contributed by atoms with Gasteiger partial charge in [-0.15, -0.1) is 0 Å². The Kier molecular flexibility index (Phi) is 3.22. The van der Waals surface area contributed by atoms with Gasteiger partial charge in [-0.2, -0.15) is 5.10 Å². The molecular formula is C11H13N5O2. The Hall–Kier alpha value is -2.44. The molecule has 1 N–H and O–H groups in total. The number of aromatic carboxylic acids is 1. The van der Waals surface area contributed by atoms with Crippen molar-refractivity contribution < 1.29 is 9.90 Å². The van der Waals surface area contributed by atoms with Crippen LogP contribution in [0.25, 0.3) is 0 Å². The Morgan fingerprint density at radius 1 is 1.50 bits per heavy atom. The van der Waals surface area contributed by atoms with Gasteiger partial charge in [0.1, 0.15) is 17.7 Å². The second-order valence-corrected chi connectivity index (χ2v) is 3.94. The summed E-state index contributed by atoms with van der Waals surface area (Å²) >= 11 is 0. The van der Waals surface area contributed by atoms with Gasteiger partial charge in [-0.1, -0.05) is 0 Å². The van der Waals surface area contributed by atoms with Crippen molar-refractivity contribution >= 4 is 11.8 Å². The van der Waals surface area contributed by atoms with Crippen LogP contribution >= 0.6 is 0 Å². The van der Waals surface area contributed by atoms with E-state index < -0.39 is 5.97 Å². The first-order chi connectivity index (χ1) is 8.58. The quantitative estimate of drug-likeness (QED) is 0.849. The summed E-state index contributed by atoms with van der Waals surface area (Å²) in [6.07, 6.45) is 6.24. The number of carbonyl (C=O) groups is 1. The third kappa shape index (κ3) is 2.45. The van der Waals surface area contributed by atoms with Crippen molar-refractivity contribution in [1.29, 1.82) is 0 Å². The highest BCUT2D eigenvalue weighted by atomic mass is 16.4. The number of anilines is 1. The largest absolute Gasteiger partial charge is 0.477 e. The molecular weight excluding hydrogens is 234 g/mol. The van der Waals surface area contributed by atoms with Crippen LogP contribution in [-0.4, -0.2) is 37.9 Å². The van der Waals surface area contributed by atoms with Crippen molar-refractivity contribution in [2.75, 3.05) is 11.9 Å². The minimum Gasteiger partial charge on any atom is -0.477 e. The average molecular weight is 247 g/mol. The zero-order valence-corrected chi connectivity index (χ0v) is 10.1. The predicted octanol–water partition coefficient (Wildman–Crippen LogP) is 0.545. The summed E-state index contributed by atoms with van der Waals surface area (Å²) in [5.74, 6) is -0.648. The maximum atomic E-state index is 11.1. The lowest BCUT2D eigenvalue weighted by Crippen LogP contribution is -2.20.